The summed E-state index contributed by atoms with van der Waals surface area (Å²) in [5.41, 5.74) is 3.08. The highest BCUT2D eigenvalue weighted by molar-refractivity contribution is 8.93. The maximum atomic E-state index is 2.35. The van der Waals surface area contributed by atoms with Gasteiger partial charge in [0.15, 0.2) is 0 Å². The van der Waals surface area contributed by atoms with E-state index in [4.69, 9.17) is 0 Å². The molecule has 0 nitrogen and oxygen atoms in total. The zero-order chi connectivity index (χ0) is 16.3. The summed E-state index contributed by atoms with van der Waals surface area (Å²) in [4.78, 5) is 0. The van der Waals surface area contributed by atoms with Crippen molar-refractivity contribution in [1.29, 1.82) is 0 Å². The zero-order valence-electron chi connectivity index (χ0n) is 15.4. The van der Waals surface area contributed by atoms with Crippen LogP contribution in [0.1, 0.15) is 37.8 Å². The third-order valence-electron chi connectivity index (χ3n) is 3.98. The van der Waals surface area contributed by atoms with Crippen LogP contribution in [-0.4, -0.2) is 18.2 Å². The Labute approximate surface area is 178 Å². The van der Waals surface area contributed by atoms with Crippen molar-refractivity contribution in [1.82, 2.24) is 0 Å². The molecule has 4 heteroatoms. The Morgan fingerprint density at radius 2 is 0.960 bits per heavy atom. The third kappa shape index (κ3) is 10.2. The largest absolute Gasteiger partial charge is 0.114 e. The molecule has 0 saturated carbocycles. The Morgan fingerprint density at radius 1 is 0.600 bits per heavy atom. The molecule has 0 fully saturated rings. The lowest BCUT2D eigenvalue weighted by molar-refractivity contribution is 1.08. The van der Waals surface area contributed by atoms with E-state index in [1.165, 1.54) is 43.4 Å². The van der Waals surface area contributed by atoms with E-state index in [1.54, 1.807) is 11.1 Å². The Bertz CT molecular complexity index is 485. The molecule has 2 rings (SSSR count). The minimum Gasteiger partial charge on any atom is -0.114 e. The second-order valence-electron chi connectivity index (χ2n) is 6.22. The van der Waals surface area contributed by atoms with Gasteiger partial charge >= 0.3 is 0 Å². The molecular formula is C21H32Br2P2. The van der Waals surface area contributed by atoms with E-state index in [0.29, 0.717) is 0 Å². The molecule has 0 radical (unpaired) electrons. The number of hydrogen-bond donors (Lipinski definition) is 0. The molecule has 140 valence electrons. The van der Waals surface area contributed by atoms with E-state index in [1.807, 2.05) is 0 Å². The highest BCUT2D eigenvalue weighted by atomic mass is 79.9. The predicted molar refractivity (Wildman–Crippen MR) is 130 cm³/mol. The summed E-state index contributed by atoms with van der Waals surface area (Å²) in [5, 5.41) is 0. The zero-order valence-corrected chi connectivity index (χ0v) is 20.6. The van der Waals surface area contributed by atoms with Crippen LogP contribution in [0.2, 0.25) is 0 Å². The van der Waals surface area contributed by atoms with Gasteiger partial charge in [0.1, 0.15) is 0 Å². The van der Waals surface area contributed by atoms with Crippen LogP contribution in [0.4, 0.5) is 0 Å². The molecule has 0 aromatic heterocycles. The van der Waals surface area contributed by atoms with Crippen molar-refractivity contribution in [3.63, 3.8) is 0 Å². The fourth-order valence-electron chi connectivity index (χ4n) is 3.00. The van der Waals surface area contributed by atoms with Crippen molar-refractivity contribution >= 4 is 49.8 Å². The van der Waals surface area contributed by atoms with Crippen LogP contribution < -0.4 is 0 Å². The molecule has 2 aromatic rings. The minimum atomic E-state index is 0. The molecule has 0 heterocycles. The van der Waals surface area contributed by atoms with Crippen molar-refractivity contribution < 1.29 is 0 Å². The SMILES string of the molecule is Br.Br.CCCP(Cc1ccccc1)CP(CCC)Cc1ccccc1. The lowest BCUT2D eigenvalue weighted by Gasteiger charge is -2.25. The van der Waals surface area contributed by atoms with Crippen LogP contribution in [0.3, 0.4) is 0 Å². The topological polar surface area (TPSA) is 0 Å². The monoisotopic (exact) mass is 504 g/mol. The third-order valence-corrected chi connectivity index (χ3v) is 11.0. The van der Waals surface area contributed by atoms with E-state index in [0.717, 1.165) is 0 Å². The number of halogens is 2. The predicted octanol–water partition coefficient (Wildman–Crippen LogP) is 8.28. The van der Waals surface area contributed by atoms with Gasteiger partial charge in [-0.1, -0.05) is 103 Å². The molecule has 0 N–H and O–H groups in total. The molecule has 2 atom stereocenters. The van der Waals surface area contributed by atoms with Crippen LogP contribution in [0.15, 0.2) is 60.7 Å². The Balaban J connectivity index is 0.00000288. The van der Waals surface area contributed by atoms with Gasteiger partial charge in [-0.15, -0.1) is 34.0 Å². The average Bonchev–Trinajstić information content (AvgIpc) is 2.57. The lowest BCUT2D eigenvalue weighted by Crippen LogP contribution is -1.98. The van der Waals surface area contributed by atoms with Crippen molar-refractivity contribution in [2.45, 2.75) is 39.0 Å². The Hall–Kier alpha value is 0.260. The van der Waals surface area contributed by atoms with Gasteiger partial charge in [-0.05, 0) is 41.7 Å². The first-order valence-electron chi connectivity index (χ1n) is 8.84. The summed E-state index contributed by atoms with van der Waals surface area (Å²) >= 11 is 0. The van der Waals surface area contributed by atoms with Crippen molar-refractivity contribution in [3.8, 4) is 0 Å². The van der Waals surface area contributed by atoms with Crippen LogP contribution in [-0.2, 0) is 12.3 Å². The minimum absolute atomic E-state index is 0. The molecule has 0 aliphatic rings. The van der Waals surface area contributed by atoms with Crippen LogP contribution in [0.25, 0.3) is 0 Å². The molecule has 2 unspecified atom stereocenters. The van der Waals surface area contributed by atoms with E-state index >= 15 is 0 Å². The quantitative estimate of drug-likeness (QED) is 0.285. The molecule has 25 heavy (non-hydrogen) atoms. The van der Waals surface area contributed by atoms with Gasteiger partial charge in [0.2, 0.25) is 0 Å². The normalized spacial score (nSPS) is 12.6. The van der Waals surface area contributed by atoms with Crippen molar-refractivity contribution in [2.75, 3.05) is 18.2 Å². The van der Waals surface area contributed by atoms with Crippen LogP contribution in [0.5, 0.6) is 0 Å². The Morgan fingerprint density at radius 3 is 1.28 bits per heavy atom. The van der Waals surface area contributed by atoms with Gasteiger partial charge in [0, 0.05) is 0 Å². The summed E-state index contributed by atoms with van der Waals surface area (Å²) < 4.78 is 0. The van der Waals surface area contributed by atoms with Crippen molar-refractivity contribution in [3.05, 3.63) is 71.8 Å². The molecule has 0 aliphatic heterocycles. The summed E-state index contributed by atoms with van der Waals surface area (Å²) in [6.07, 6.45) is 8.17. The van der Waals surface area contributed by atoms with Gasteiger partial charge in [0.05, 0.1) is 0 Å². The molecule has 0 saturated heterocycles. The molecule has 0 spiro atoms. The van der Waals surface area contributed by atoms with E-state index in [-0.39, 0.29) is 49.8 Å². The van der Waals surface area contributed by atoms with E-state index in [9.17, 15) is 0 Å². The highest BCUT2D eigenvalue weighted by Crippen LogP contribution is 2.54. The van der Waals surface area contributed by atoms with Gasteiger partial charge < -0.3 is 0 Å². The maximum absolute atomic E-state index is 2.35. The highest BCUT2D eigenvalue weighted by Gasteiger charge is 2.15. The van der Waals surface area contributed by atoms with Crippen LogP contribution >= 0.6 is 49.8 Å². The Kier molecular flexibility index (Phi) is 15.5. The second kappa shape index (κ2) is 15.3. The number of rotatable bonds is 10. The molecule has 0 aliphatic carbocycles. The first kappa shape index (κ1) is 25.3. The smallest absolute Gasteiger partial charge is 0.00699 e. The molecular weight excluding hydrogens is 474 g/mol. The average molecular weight is 506 g/mol. The van der Waals surface area contributed by atoms with Gasteiger partial charge in [-0.2, -0.15) is 0 Å². The molecule has 0 amide bonds. The number of benzene rings is 2. The fraction of sp³-hybridized carbons (Fsp3) is 0.429. The summed E-state index contributed by atoms with van der Waals surface area (Å²) in [5.74, 6) is 1.50. The second-order valence-corrected chi connectivity index (χ2v) is 11.6. The first-order chi connectivity index (χ1) is 11.3. The van der Waals surface area contributed by atoms with E-state index < -0.39 is 0 Å². The van der Waals surface area contributed by atoms with Crippen molar-refractivity contribution in [2.24, 2.45) is 0 Å². The summed E-state index contributed by atoms with van der Waals surface area (Å²) in [6, 6.07) is 22.3. The van der Waals surface area contributed by atoms with Crippen LogP contribution in [0, 0.1) is 0 Å². The molecule has 2 aromatic carbocycles. The summed E-state index contributed by atoms with van der Waals surface area (Å²) in [6.45, 7) is 4.69. The molecule has 0 bridgehead atoms. The van der Waals surface area contributed by atoms with Gasteiger partial charge in [-0.3, -0.25) is 0 Å². The van der Waals surface area contributed by atoms with Gasteiger partial charge in [0.25, 0.3) is 0 Å². The van der Waals surface area contributed by atoms with Gasteiger partial charge in [-0.25, -0.2) is 0 Å². The standard InChI is InChI=1S/C21H30P2.2BrH/c1-3-15-22(17-20-11-7-5-8-12-20)19-23(16-4-2)18-21-13-9-6-10-14-21;;/h5-14H,3-4,15-19H2,1-2H3;2*1H. The van der Waals surface area contributed by atoms with E-state index in [2.05, 4.69) is 74.5 Å². The first-order valence-corrected chi connectivity index (χ1v) is 12.6. The number of hydrogen-bond acceptors (Lipinski definition) is 0. The summed E-state index contributed by atoms with van der Waals surface area (Å²) in [7, 11) is 0.289. The maximum Gasteiger partial charge on any atom is -0.00699 e. The lowest BCUT2D eigenvalue weighted by atomic mass is 10.2. The fourth-order valence-corrected chi connectivity index (χ4v) is 10.2.